The van der Waals surface area contributed by atoms with Crippen molar-refractivity contribution in [2.75, 3.05) is 14.1 Å². The molecular formula is C11H14N6O3. The molecule has 20 heavy (non-hydrogen) atoms. The maximum Gasteiger partial charge on any atom is 0.358 e. The Labute approximate surface area is 114 Å². The Morgan fingerprint density at radius 2 is 2.10 bits per heavy atom. The van der Waals surface area contributed by atoms with Crippen molar-refractivity contribution in [3.8, 4) is 11.5 Å². The third-order valence-corrected chi connectivity index (χ3v) is 2.75. The first-order valence-corrected chi connectivity index (χ1v) is 5.76. The van der Waals surface area contributed by atoms with Crippen LogP contribution in [-0.2, 0) is 18.4 Å². The number of hydrogen-bond donors (Lipinski definition) is 1. The predicted octanol–water partition coefficient (Wildman–Crippen LogP) is -0.535. The van der Waals surface area contributed by atoms with Crippen LogP contribution in [-0.4, -0.2) is 60.5 Å². The number of aryl methyl sites for hydroxylation is 1. The molecule has 0 spiro atoms. The van der Waals surface area contributed by atoms with Gasteiger partial charge in [-0.1, -0.05) is 5.21 Å². The van der Waals surface area contributed by atoms with Crippen LogP contribution in [0, 0.1) is 0 Å². The highest BCUT2D eigenvalue weighted by Crippen LogP contribution is 2.20. The van der Waals surface area contributed by atoms with Crippen molar-refractivity contribution in [3.63, 3.8) is 0 Å². The average Bonchev–Trinajstić information content (AvgIpc) is 2.95. The quantitative estimate of drug-likeness (QED) is 0.805. The summed E-state index contributed by atoms with van der Waals surface area (Å²) < 4.78 is 2.88. The third kappa shape index (κ3) is 2.37. The molecule has 0 aliphatic rings. The minimum atomic E-state index is -1.22. The molecule has 2 aromatic heterocycles. The largest absolute Gasteiger partial charge is 0.476 e. The lowest BCUT2D eigenvalue weighted by Gasteiger charge is -2.11. The van der Waals surface area contributed by atoms with Gasteiger partial charge in [-0.05, 0) is 0 Å². The monoisotopic (exact) mass is 278 g/mol. The second-order valence-electron chi connectivity index (χ2n) is 4.40. The van der Waals surface area contributed by atoms with E-state index in [9.17, 15) is 9.59 Å². The summed E-state index contributed by atoms with van der Waals surface area (Å²) in [5, 5.41) is 16.5. The first-order chi connectivity index (χ1) is 9.41. The second-order valence-corrected chi connectivity index (χ2v) is 4.40. The number of likely N-dealkylation sites (N-methyl/N-ethyl adjacent to an activating group) is 1. The van der Waals surface area contributed by atoms with Crippen LogP contribution in [0.25, 0.3) is 11.5 Å². The molecule has 0 unspecified atom stereocenters. The summed E-state index contributed by atoms with van der Waals surface area (Å²) in [6, 6.07) is 0. The van der Waals surface area contributed by atoms with Gasteiger partial charge in [-0.3, -0.25) is 4.79 Å². The normalized spacial score (nSPS) is 10.6. The number of imidazole rings is 1. The number of amides is 1. The molecule has 0 aliphatic carbocycles. The van der Waals surface area contributed by atoms with Gasteiger partial charge in [0.1, 0.15) is 12.2 Å². The van der Waals surface area contributed by atoms with Gasteiger partial charge in [0.15, 0.2) is 5.82 Å². The third-order valence-electron chi connectivity index (χ3n) is 2.75. The van der Waals surface area contributed by atoms with Gasteiger partial charge >= 0.3 is 5.97 Å². The van der Waals surface area contributed by atoms with Gasteiger partial charge in [-0.2, -0.15) is 0 Å². The van der Waals surface area contributed by atoms with Crippen molar-refractivity contribution < 1.29 is 14.7 Å². The van der Waals surface area contributed by atoms with Crippen LogP contribution in [0.15, 0.2) is 12.4 Å². The molecule has 1 amide bonds. The van der Waals surface area contributed by atoms with Gasteiger partial charge in [-0.15, -0.1) is 5.10 Å². The molecule has 0 atom stereocenters. The maximum absolute atomic E-state index is 11.8. The first kappa shape index (κ1) is 13.7. The van der Waals surface area contributed by atoms with Crippen LogP contribution in [0.3, 0.4) is 0 Å². The fraction of sp³-hybridized carbons (Fsp3) is 0.364. The molecule has 0 radical (unpaired) electrons. The van der Waals surface area contributed by atoms with Gasteiger partial charge in [0.2, 0.25) is 11.6 Å². The van der Waals surface area contributed by atoms with Gasteiger partial charge in [-0.25, -0.2) is 14.5 Å². The summed E-state index contributed by atoms with van der Waals surface area (Å²) in [5.41, 5.74) is -0.0222. The molecule has 0 saturated carbocycles. The van der Waals surface area contributed by atoms with E-state index >= 15 is 0 Å². The standard InChI is InChI=1S/C11H14N6O3/c1-15(2)7(18)6-17-9(8(11(19)20)13-14-17)10-12-4-5-16(10)3/h4-5H,6H2,1-3H3,(H,19,20). The highest BCUT2D eigenvalue weighted by Gasteiger charge is 2.24. The second kappa shape index (κ2) is 5.11. The van der Waals surface area contributed by atoms with Crippen LogP contribution in [0.2, 0.25) is 0 Å². The number of hydrogen-bond acceptors (Lipinski definition) is 5. The van der Waals surface area contributed by atoms with Crippen LogP contribution >= 0.6 is 0 Å². The molecule has 0 aromatic carbocycles. The molecule has 9 heteroatoms. The molecule has 0 saturated heterocycles. The summed E-state index contributed by atoms with van der Waals surface area (Å²) in [4.78, 5) is 28.5. The van der Waals surface area contributed by atoms with Crippen molar-refractivity contribution in [2.24, 2.45) is 7.05 Å². The Morgan fingerprint density at radius 1 is 1.40 bits per heavy atom. The predicted molar refractivity (Wildman–Crippen MR) is 67.9 cm³/mol. The average molecular weight is 278 g/mol. The van der Waals surface area contributed by atoms with Gasteiger partial charge in [0.25, 0.3) is 0 Å². The van der Waals surface area contributed by atoms with Crippen molar-refractivity contribution >= 4 is 11.9 Å². The minimum Gasteiger partial charge on any atom is -0.476 e. The molecule has 9 nitrogen and oxygen atoms in total. The lowest BCUT2D eigenvalue weighted by atomic mass is 10.3. The van der Waals surface area contributed by atoms with Gasteiger partial charge in [0.05, 0.1) is 0 Å². The van der Waals surface area contributed by atoms with E-state index in [-0.39, 0.29) is 23.8 Å². The number of aromatic nitrogens is 5. The van der Waals surface area contributed by atoms with E-state index in [1.807, 2.05) is 0 Å². The van der Waals surface area contributed by atoms with E-state index in [0.29, 0.717) is 5.82 Å². The number of carbonyl (C=O) groups is 2. The van der Waals surface area contributed by atoms with E-state index in [1.165, 1.54) is 15.8 Å². The van der Waals surface area contributed by atoms with Crippen LogP contribution in [0.1, 0.15) is 10.5 Å². The Kier molecular flexibility index (Phi) is 3.51. The number of carboxylic acid groups (broad SMARTS) is 1. The Morgan fingerprint density at radius 3 is 2.60 bits per heavy atom. The fourth-order valence-corrected chi connectivity index (χ4v) is 1.65. The molecule has 106 valence electrons. The van der Waals surface area contributed by atoms with Gasteiger partial charge in [0, 0.05) is 33.5 Å². The number of nitrogens with zero attached hydrogens (tertiary/aromatic N) is 6. The zero-order chi connectivity index (χ0) is 14.9. The highest BCUT2D eigenvalue weighted by atomic mass is 16.4. The molecule has 2 heterocycles. The van der Waals surface area contributed by atoms with Crippen molar-refractivity contribution in [1.82, 2.24) is 29.4 Å². The summed E-state index contributed by atoms with van der Waals surface area (Å²) in [6.45, 7) is -0.102. The Balaban J connectivity index is 2.51. The summed E-state index contributed by atoms with van der Waals surface area (Å²) in [5.74, 6) is -1.05. The van der Waals surface area contributed by atoms with Crippen molar-refractivity contribution in [1.29, 1.82) is 0 Å². The Hall–Kier alpha value is -2.71. The Bertz CT molecular complexity index is 657. The summed E-state index contributed by atoms with van der Waals surface area (Å²) >= 11 is 0. The van der Waals surface area contributed by atoms with E-state index < -0.39 is 5.97 Å². The number of rotatable bonds is 4. The van der Waals surface area contributed by atoms with E-state index in [4.69, 9.17) is 5.11 Å². The maximum atomic E-state index is 11.8. The van der Waals surface area contributed by atoms with Crippen molar-refractivity contribution in [2.45, 2.75) is 6.54 Å². The SMILES string of the molecule is CN(C)C(=O)Cn1nnc(C(=O)O)c1-c1nccn1C. The van der Waals surface area contributed by atoms with Crippen LogP contribution in [0.4, 0.5) is 0 Å². The summed E-state index contributed by atoms with van der Waals surface area (Å²) in [6.07, 6.45) is 3.21. The van der Waals surface area contributed by atoms with Gasteiger partial charge < -0.3 is 14.6 Å². The molecular weight excluding hydrogens is 264 g/mol. The molecule has 2 rings (SSSR count). The lowest BCUT2D eigenvalue weighted by Crippen LogP contribution is -2.27. The smallest absolute Gasteiger partial charge is 0.358 e. The fourth-order valence-electron chi connectivity index (χ4n) is 1.65. The highest BCUT2D eigenvalue weighted by molar-refractivity contribution is 5.92. The van der Waals surface area contributed by atoms with Crippen LogP contribution < -0.4 is 0 Å². The number of carbonyl (C=O) groups excluding carboxylic acids is 1. The topological polar surface area (TPSA) is 106 Å². The molecule has 0 bridgehead atoms. The zero-order valence-electron chi connectivity index (χ0n) is 11.3. The summed E-state index contributed by atoms with van der Waals surface area (Å²) in [7, 11) is 4.94. The lowest BCUT2D eigenvalue weighted by molar-refractivity contribution is -0.129. The molecule has 0 fully saturated rings. The number of carboxylic acids is 1. The molecule has 1 N–H and O–H groups in total. The van der Waals surface area contributed by atoms with E-state index in [2.05, 4.69) is 15.3 Å². The van der Waals surface area contributed by atoms with Crippen molar-refractivity contribution in [3.05, 3.63) is 18.1 Å². The minimum absolute atomic E-state index is 0.102. The van der Waals surface area contributed by atoms with Crippen LogP contribution in [0.5, 0.6) is 0 Å². The molecule has 0 aliphatic heterocycles. The zero-order valence-corrected chi connectivity index (χ0v) is 11.3. The van der Waals surface area contributed by atoms with E-state index in [0.717, 1.165) is 0 Å². The number of aromatic carboxylic acids is 1. The first-order valence-electron chi connectivity index (χ1n) is 5.76. The van der Waals surface area contributed by atoms with E-state index in [1.54, 1.807) is 31.9 Å². The molecule has 2 aromatic rings.